The number of carbonyl (C=O) groups excluding carboxylic acids is 1. The Morgan fingerprint density at radius 3 is 2.65 bits per heavy atom. The predicted octanol–water partition coefficient (Wildman–Crippen LogP) is 0.952. The first kappa shape index (κ1) is 14.8. The molecule has 1 fully saturated rings. The maximum atomic E-state index is 12.6. The topological polar surface area (TPSA) is 44.8 Å². The Kier molecular flexibility index (Phi) is 4.98. The van der Waals surface area contributed by atoms with E-state index in [1.165, 1.54) is 0 Å². The number of methoxy groups -OCH3 is 1. The Labute approximate surface area is 120 Å². The number of hydrogen-bond acceptors (Lipinski definition) is 4. The number of carbonyl (C=O) groups is 1. The Morgan fingerprint density at radius 2 is 2.00 bits per heavy atom. The summed E-state index contributed by atoms with van der Waals surface area (Å²) in [4.78, 5) is 16.5. The van der Waals surface area contributed by atoms with Gasteiger partial charge < -0.3 is 15.0 Å². The molecule has 0 bridgehead atoms. The van der Waals surface area contributed by atoms with Gasteiger partial charge in [0, 0.05) is 33.2 Å². The van der Waals surface area contributed by atoms with E-state index in [0.717, 1.165) is 37.6 Å². The molecule has 5 heteroatoms. The van der Waals surface area contributed by atoms with Gasteiger partial charge in [-0.1, -0.05) is 12.1 Å². The van der Waals surface area contributed by atoms with Crippen LogP contribution in [0.1, 0.15) is 6.92 Å². The molecule has 1 aliphatic heterocycles. The third-order valence-corrected chi connectivity index (χ3v) is 3.83. The SMILES string of the molecule is COc1ccccc1N(C)C(=O)C(C)N1CCNCC1. The van der Waals surface area contributed by atoms with Crippen molar-refractivity contribution in [3.63, 3.8) is 0 Å². The second kappa shape index (κ2) is 6.72. The zero-order valence-electron chi connectivity index (χ0n) is 12.4. The van der Waals surface area contributed by atoms with Gasteiger partial charge in [-0.15, -0.1) is 0 Å². The van der Waals surface area contributed by atoms with Crippen molar-refractivity contribution in [2.45, 2.75) is 13.0 Å². The standard InChI is InChI=1S/C15H23N3O2/c1-12(18-10-8-16-9-11-18)15(19)17(2)13-6-4-5-7-14(13)20-3/h4-7,12,16H,8-11H2,1-3H3. The number of nitrogens with one attached hydrogen (secondary N) is 1. The maximum absolute atomic E-state index is 12.6. The molecule has 1 amide bonds. The van der Waals surface area contributed by atoms with E-state index in [2.05, 4.69) is 10.2 Å². The number of para-hydroxylation sites is 2. The second-order valence-electron chi connectivity index (χ2n) is 5.03. The minimum Gasteiger partial charge on any atom is -0.495 e. The van der Waals surface area contributed by atoms with Gasteiger partial charge in [0.2, 0.25) is 5.91 Å². The minimum atomic E-state index is -0.119. The molecular weight excluding hydrogens is 254 g/mol. The van der Waals surface area contributed by atoms with E-state index in [-0.39, 0.29) is 11.9 Å². The summed E-state index contributed by atoms with van der Waals surface area (Å²) in [6.07, 6.45) is 0. The van der Waals surface area contributed by atoms with Crippen LogP contribution in [-0.2, 0) is 4.79 Å². The lowest BCUT2D eigenvalue weighted by Crippen LogP contribution is -2.53. The summed E-state index contributed by atoms with van der Waals surface area (Å²) in [7, 11) is 3.43. The molecule has 0 aliphatic carbocycles. The summed E-state index contributed by atoms with van der Waals surface area (Å²) in [5.74, 6) is 0.812. The number of likely N-dealkylation sites (N-methyl/N-ethyl adjacent to an activating group) is 1. The molecule has 20 heavy (non-hydrogen) atoms. The molecule has 1 atom stereocenters. The number of benzene rings is 1. The minimum absolute atomic E-state index is 0.0939. The highest BCUT2D eigenvalue weighted by molar-refractivity contribution is 5.97. The summed E-state index contributed by atoms with van der Waals surface area (Å²) < 4.78 is 5.32. The van der Waals surface area contributed by atoms with E-state index in [1.807, 2.05) is 31.2 Å². The lowest BCUT2D eigenvalue weighted by Gasteiger charge is -2.34. The number of amides is 1. The van der Waals surface area contributed by atoms with Crippen molar-refractivity contribution in [2.24, 2.45) is 0 Å². The highest BCUT2D eigenvalue weighted by atomic mass is 16.5. The number of anilines is 1. The fourth-order valence-corrected chi connectivity index (χ4v) is 2.53. The highest BCUT2D eigenvalue weighted by Gasteiger charge is 2.26. The normalized spacial score (nSPS) is 17.6. The van der Waals surface area contributed by atoms with Crippen molar-refractivity contribution in [3.05, 3.63) is 24.3 Å². The molecular formula is C15H23N3O2. The third kappa shape index (κ3) is 3.11. The monoisotopic (exact) mass is 277 g/mol. The summed E-state index contributed by atoms with van der Waals surface area (Å²) >= 11 is 0. The molecule has 0 radical (unpaired) electrons. The third-order valence-electron chi connectivity index (χ3n) is 3.83. The van der Waals surface area contributed by atoms with E-state index in [9.17, 15) is 4.79 Å². The van der Waals surface area contributed by atoms with Gasteiger partial charge in [-0.05, 0) is 19.1 Å². The van der Waals surface area contributed by atoms with Crippen LogP contribution < -0.4 is 15.0 Å². The van der Waals surface area contributed by atoms with Crippen molar-refractivity contribution in [3.8, 4) is 5.75 Å². The maximum Gasteiger partial charge on any atom is 0.243 e. The molecule has 1 aromatic carbocycles. The van der Waals surface area contributed by atoms with Gasteiger partial charge in [0.05, 0.1) is 18.8 Å². The van der Waals surface area contributed by atoms with Crippen molar-refractivity contribution in [1.29, 1.82) is 0 Å². The average Bonchev–Trinajstić information content (AvgIpc) is 2.53. The molecule has 1 unspecified atom stereocenters. The van der Waals surface area contributed by atoms with Crippen LogP contribution in [0.25, 0.3) is 0 Å². The van der Waals surface area contributed by atoms with E-state index in [0.29, 0.717) is 0 Å². The van der Waals surface area contributed by atoms with Gasteiger partial charge in [0.15, 0.2) is 0 Å². The first-order valence-corrected chi connectivity index (χ1v) is 7.00. The molecule has 2 rings (SSSR count). The fraction of sp³-hybridized carbons (Fsp3) is 0.533. The van der Waals surface area contributed by atoms with Crippen LogP contribution in [0.15, 0.2) is 24.3 Å². The van der Waals surface area contributed by atoms with Gasteiger partial charge in [-0.25, -0.2) is 0 Å². The van der Waals surface area contributed by atoms with Crippen LogP contribution in [0.5, 0.6) is 5.75 Å². The molecule has 1 saturated heterocycles. The second-order valence-corrected chi connectivity index (χ2v) is 5.03. The first-order valence-electron chi connectivity index (χ1n) is 7.00. The number of ether oxygens (including phenoxy) is 1. The fourth-order valence-electron chi connectivity index (χ4n) is 2.53. The number of hydrogen-bond donors (Lipinski definition) is 1. The van der Waals surface area contributed by atoms with Crippen LogP contribution in [-0.4, -0.2) is 57.2 Å². The van der Waals surface area contributed by atoms with Crippen molar-refractivity contribution >= 4 is 11.6 Å². The molecule has 1 heterocycles. The molecule has 0 aromatic heterocycles. The lowest BCUT2D eigenvalue weighted by molar-refractivity contribution is -0.123. The molecule has 1 aromatic rings. The molecule has 5 nitrogen and oxygen atoms in total. The number of rotatable bonds is 4. The number of nitrogens with zero attached hydrogens (tertiary/aromatic N) is 2. The average molecular weight is 277 g/mol. The summed E-state index contributed by atoms with van der Waals surface area (Å²) in [5, 5.41) is 3.30. The van der Waals surface area contributed by atoms with Gasteiger partial charge in [0.1, 0.15) is 5.75 Å². The molecule has 110 valence electrons. The Morgan fingerprint density at radius 1 is 1.35 bits per heavy atom. The Hall–Kier alpha value is -1.59. The quantitative estimate of drug-likeness (QED) is 0.890. The van der Waals surface area contributed by atoms with Crippen molar-refractivity contribution in [2.75, 3.05) is 45.2 Å². The van der Waals surface area contributed by atoms with Gasteiger partial charge in [-0.3, -0.25) is 9.69 Å². The predicted molar refractivity (Wildman–Crippen MR) is 80.3 cm³/mol. The summed E-state index contributed by atoms with van der Waals surface area (Å²) in [5.41, 5.74) is 0.807. The van der Waals surface area contributed by atoms with Crippen LogP contribution >= 0.6 is 0 Å². The molecule has 0 spiro atoms. The van der Waals surface area contributed by atoms with Crippen molar-refractivity contribution in [1.82, 2.24) is 10.2 Å². The van der Waals surface area contributed by atoms with Gasteiger partial charge in [0.25, 0.3) is 0 Å². The lowest BCUT2D eigenvalue weighted by atomic mass is 10.2. The van der Waals surface area contributed by atoms with E-state index in [4.69, 9.17) is 4.74 Å². The van der Waals surface area contributed by atoms with Crippen LogP contribution in [0.3, 0.4) is 0 Å². The number of piperazine rings is 1. The first-order chi connectivity index (χ1) is 9.65. The molecule has 1 N–H and O–H groups in total. The van der Waals surface area contributed by atoms with Crippen LogP contribution in [0.2, 0.25) is 0 Å². The molecule has 0 saturated carbocycles. The van der Waals surface area contributed by atoms with E-state index >= 15 is 0 Å². The van der Waals surface area contributed by atoms with Crippen LogP contribution in [0, 0.1) is 0 Å². The van der Waals surface area contributed by atoms with E-state index < -0.39 is 0 Å². The Bertz CT molecular complexity index is 458. The zero-order chi connectivity index (χ0) is 14.5. The molecule has 1 aliphatic rings. The smallest absolute Gasteiger partial charge is 0.243 e. The summed E-state index contributed by atoms with van der Waals surface area (Å²) in [6.45, 7) is 5.67. The summed E-state index contributed by atoms with van der Waals surface area (Å²) in [6, 6.07) is 7.47. The zero-order valence-corrected chi connectivity index (χ0v) is 12.4. The Balaban J connectivity index is 2.11. The van der Waals surface area contributed by atoms with Crippen LogP contribution in [0.4, 0.5) is 5.69 Å². The van der Waals surface area contributed by atoms with Gasteiger partial charge >= 0.3 is 0 Å². The van der Waals surface area contributed by atoms with E-state index in [1.54, 1.807) is 19.1 Å². The highest BCUT2D eigenvalue weighted by Crippen LogP contribution is 2.27. The van der Waals surface area contributed by atoms with Crippen molar-refractivity contribution < 1.29 is 9.53 Å². The van der Waals surface area contributed by atoms with Gasteiger partial charge in [-0.2, -0.15) is 0 Å². The largest absolute Gasteiger partial charge is 0.495 e.